The molecule has 0 amide bonds. The maximum atomic E-state index is 6.15. The van der Waals surface area contributed by atoms with Crippen LogP contribution in [0, 0.1) is 5.92 Å². The highest BCUT2D eigenvalue weighted by molar-refractivity contribution is 5.06. The summed E-state index contributed by atoms with van der Waals surface area (Å²) in [5.74, 6) is 1.49. The van der Waals surface area contributed by atoms with Crippen LogP contribution in [-0.2, 0) is 11.0 Å². The molecule has 0 spiro atoms. The van der Waals surface area contributed by atoms with E-state index in [2.05, 4.69) is 10.1 Å². The number of hydrogen-bond acceptors (Lipinski definition) is 4. The quantitative estimate of drug-likeness (QED) is 0.814. The van der Waals surface area contributed by atoms with Gasteiger partial charge in [0.05, 0.1) is 5.54 Å². The molecule has 4 heteroatoms. The lowest BCUT2D eigenvalue weighted by Crippen LogP contribution is -2.39. The average molecular weight is 211 g/mol. The van der Waals surface area contributed by atoms with E-state index in [-0.39, 0.29) is 11.3 Å². The van der Waals surface area contributed by atoms with Crippen LogP contribution < -0.4 is 5.73 Å². The molecule has 1 heterocycles. The molecule has 0 aromatic carbocycles. The zero-order valence-electron chi connectivity index (χ0n) is 10.5. The number of hydrogen-bond donors (Lipinski definition) is 1. The summed E-state index contributed by atoms with van der Waals surface area (Å²) in [4.78, 5) is 4.37. The van der Waals surface area contributed by atoms with E-state index in [4.69, 9.17) is 10.3 Å². The number of nitrogens with zero attached hydrogens (tertiary/aromatic N) is 2. The summed E-state index contributed by atoms with van der Waals surface area (Å²) >= 11 is 0. The third-order valence-corrected chi connectivity index (χ3v) is 2.75. The minimum Gasteiger partial charge on any atom is -0.339 e. The Morgan fingerprint density at radius 1 is 1.20 bits per heavy atom. The van der Waals surface area contributed by atoms with Crippen LogP contribution in [0.1, 0.15) is 53.3 Å². The Bertz CT molecular complexity index is 334. The molecule has 0 saturated carbocycles. The maximum absolute atomic E-state index is 6.15. The molecular formula is C11H21N3O. The molecule has 86 valence electrons. The monoisotopic (exact) mass is 211 g/mol. The van der Waals surface area contributed by atoms with Gasteiger partial charge in [0, 0.05) is 5.41 Å². The van der Waals surface area contributed by atoms with E-state index in [0.29, 0.717) is 11.7 Å². The smallest absolute Gasteiger partial charge is 0.232 e. The lowest BCUT2D eigenvalue weighted by Gasteiger charge is -2.24. The summed E-state index contributed by atoms with van der Waals surface area (Å²) in [6.45, 7) is 12.1. The van der Waals surface area contributed by atoms with E-state index in [1.807, 2.05) is 41.5 Å². The average Bonchev–Trinajstić information content (AvgIpc) is 2.50. The van der Waals surface area contributed by atoms with Gasteiger partial charge in [0.25, 0.3) is 0 Å². The molecule has 15 heavy (non-hydrogen) atoms. The van der Waals surface area contributed by atoms with Gasteiger partial charge < -0.3 is 10.3 Å². The topological polar surface area (TPSA) is 64.9 Å². The fourth-order valence-electron chi connectivity index (χ4n) is 1.01. The van der Waals surface area contributed by atoms with Gasteiger partial charge in [0.15, 0.2) is 5.82 Å². The molecule has 1 unspecified atom stereocenters. The van der Waals surface area contributed by atoms with Crippen LogP contribution in [0.3, 0.4) is 0 Å². The Hall–Kier alpha value is -0.900. The Labute approximate surface area is 91.2 Å². The third kappa shape index (κ3) is 2.37. The molecule has 4 nitrogen and oxygen atoms in total. The number of rotatable bonds is 2. The van der Waals surface area contributed by atoms with Crippen LogP contribution in [0.5, 0.6) is 0 Å². The van der Waals surface area contributed by atoms with Crippen molar-refractivity contribution >= 4 is 0 Å². The molecule has 0 bridgehead atoms. The van der Waals surface area contributed by atoms with Gasteiger partial charge in [0.1, 0.15) is 0 Å². The molecule has 0 aliphatic rings. The Morgan fingerprint density at radius 2 is 1.73 bits per heavy atom. The molecule has 2 N–H and O–H groups in total. The SMILES string of the molecule is CC(C)C(C)(N)c1noc(C(C)(C)C)n1. The highest BCUT2D eigenvalue weighted by Crippen LogP contribution is 2.26. The standard InChI is InChI=1S/C11H21N3O/c1-7(2)11(6,12)8-13-9(15-14-8)10(3,4)5/h7H,12H2,1-6H3. The second-order valence-corrected chi connectivity index (χ2v) is 5.61. The van der Waals surface area contributed by atoms with Crippen molar-refractivity contribution in [2.45, 2.75) is 52.5 Å². The van der Waals surface area contributed by atoms with Crippen LogP contribution >= 0.6 is 0 Å². The van der Waals surface area contributed by atoms with Crippen LogP contribution in [0.2, 0.25) is 0 Å². The highest BCUT2D eigenvalue weighted by Gasteiger charge is 2.33. The molecular weight excluding hydrogens is 190 g/mol. The highest BCUT2D eigenvalue weighted by atomic mass is 16.5. The molecule has 0 saturated heterocycles. The minimum absolute atomic E-state index is 0.127. The maximum Gasteiger partial charge on any atom is 0.232 e. The van der Waals surface area contributed by atoms with Crippen molar-refractivity contribution in [2.75, 3.05) is 0 Å². The van der Waals surface area contributed by atoms with Gasteiger partial charge in [-0.3, -0.25) is 0 Å². The second kappa shape index (κ2) is 3.59. The normalized spacial score (nSPS) is 16.8. The van der Waals surface area contributed by atoms with Crippen molar-refractivity contribution in [2.24, 2.45) is 11.7 Å². The summed E-state index contributed by atoms with van der Waals surface area (Å²) in [7, 11) is 0. The fourth-order valence-corrected chi connectivity index (χ4v) is 1.01. The largest absolute Gasteiger partial charge is 0.339 e. The van der Waals surface area contributed by atoms with Crippen LogP contribution in [0.25, 0.3) is 0 Å². The second-order valence-electron chi connectivity index (χ2n) is 5.61. The predicted octanol–water partition coefficient (Wildman–Crippen LogP) is 2.20. The number of aromatic nitrogens is 2. The van der Waals surface area contributed by atoms with E-state index >= 15 is 0 Å². The summed E-state index contributed by atoms with van der Waals surface area (Å²) in [6.07, 6.45) is 0. The fraction of sp³-hybridized carbons (Fsp3) is 0.818. The molecule has 0 aliphatic heterocycles. The first kappa shape index (κ1) is 12.2. The van der Waals surface area contributed by atoms with Crippen molar-refractivity contribution in [3.63, 3.8) is 0 Å². The minimum atomic E-state index is -0.535. The summed E-state index contributed by atoms with van der Waals surface area (Å²) in [5.41, 5.74) is 5.49. The molecule has 1 rings (SSSR count). The summed E-state index contributed by atoms with van der Waals surface area (Å²) in [6, 6.07) is 0. The van der Waals surface area contributed by atoms with Crippen molar-refractivity contribution in [1.29, 1.82) is 0 Å². The first-order valence-electron chi connectivity index (χ1n) is 5.29. The number of nitrogens with two attached hydrogens (primary N) is 1. The van der Waals surface area contributed by atoms with Crippen molar-refractivity contribution in [3.8, 4) is 0 Å². The van der Waals surface area contributed by atoms with Crippen molar-refractivity contribution in [3.05, 3.63) is 11.7 Å². The van der Waals surface area contributed by atoms with Gasteiger partial charge in [-0.25, -0.2) is 0 Å². The summed E-state index contributed by atoms with van der Waals surface area (Å²) < 4.78 is 5.22. The lowest BCUT2D eigenvalue weighted by atomic mass is 9.89. The van der Waals surface area contributed by atoms with Gasteiger partial charge in [-0.1, -0.05) is 39.8 Å². The molecule has 0 radical (unpaired) electrons. The zero-order chi connectivity index (χ0) is 11.9. The van der Waals surface area contributed by atoms with E-state index in [9.17, 15) is 0 Å². The first-order valence-corrected chi connectivity index (χ1v) is 5.29. The van der Waals surface area contributed by atoms with Gasteiger partial charge in [-0.15, -0.1) is 0 Å². The molecule has 1 aromatic heterocycles. The Kier molecular flexibility index (Phi) is 2.92. The molecule has 1 atom stereocenters. The van der Waals surface area contributed by atoms with Crippen molar-refractivity contribution < 1.29 is 4.52 Å². The Balaban J connectivity index is 3.04. The Morgan fingerprint density at radius 3 is 2.07 bits per heavy atom. The van der Waals surface area contributed by atoms with E-state index < -0.39 is 5.54 Å². The van der Waals surface area contributed by atoms with E-state index in [0.717, 1.165) is 0 Å². The summed E-state index contributed by atoms with van der Waals surface area (Å²) in [5, 5.41) is 3.96. The zero-order valence-corrected chi connectivity index (χ0v) is 10.5. The van der Waals surface area contributed by atoms with Crippen LogP contribution in [0.15, 0.2) is 4.52 Å². The first-order chi connectivity index (χ1) is 6.65. The van der Waals surface area contributed by atoms with Gasteiger partial charge in [-0.05, 0) is 12.8 Å². The van der Waals surface area contributed by atoms with E-state index in [1.165, 1.54) is 0 Å². The van der Waals surface area contributed by atoms with Crippen LogP contribution in [-0.4, -0.2) is 10.1 Å². The van der Waals surface area contributed by atoms with Crippen molar-refractivity contribution in [1.82, 2.24) is 10.1 Å². The molecule has 1 aromatic rings. The third-order valence-electron chi connectivity index (χ3n) is 2.75. The van der Waals surface area contributed by atoms with Gasteiger partial charge in [-0.2, -0.15) is 4.98 Å². The van der Waals surface area contributed by atoms with Crippen LogP contribution in [0.4, 0.5) is 0 Å². The van der Waals surface area contributed by atoms with Gasteiger partial charge >= 0.3 is 0 Å². The van der Waals surface area contributed by atoms with Gasteiger partial charge in [0.2, 0.25) is 5.89 Å². The predicted molar refractivity (Wildman–Crippen MR) is 59.4 cm³/mol. The lowest BCUT2D eigenvalue weighted by molar-refractivity contribution is 0.292. The molecule has 0 aliphatic carbocycles. The van der Waals surface area contributed by atoms with E-state index in [1.54, 1.807) is 0 Å². The molecule has 0 fully saturated rings.